The summed E-state index contributed by atoms with van der Waals surface area (Å²) in [5, 5.41) is 20.6. The number of Topliss-reactive ketones (excluding diaryl/α,β-unsaturated/α-hetero) is 1. The number of phenols is 1. The van der Waals surface area contributed by atoms with Crippen LogP contribution in [0.1, 0.15) is 51.3 Å². The van der Waals surface area contributed by atoms with Crippen molar-refractivity contribution in [2.45, 2.75) is 26.7 Å². The molecule has 0 heterocycles. The van der Waals surface area contributed by atoms with Gasteiger partial charge in [0.2, 0.25) is 11.5 Å². The van der Waals surface area contributed by atoms with Crippen LogP contribution in [0.4, 0.5) is 0 Å². The van der Waals surface area contributed by atoms with Crippen LogP contribution in [0.2, 0.25) is 0 Å². The minimum atomic E-state index is -0.609. The highest BCUT2D eigenvalue weighted by Gasteiger charge is 2.30. The smallest absolute Gasteiger partial charge is 0.204 e. The van der Waals surface area contributed by atoms with E-state index in [0.29, 0.717) is 36.7 Å². The Morgan fingerprint density at radius 1 is 1.04 bits per heavy atom. The molecule has 2 rings (SSSR count). The number of ether oxygens (including phenoxy) is 2. The van der Waals surface area contributed by atoms with E-state index in [1.807, 2.05) is 13.8 Å². The molecule has 0 saturated heterocycles. The molecule has 0 aliphatic heterocycles. The average Bonchev–Trinajstić information content (AvgIpc) is 2.73. The second-order valence-corrected chi connectivity index (χ2v) is 6.03. The summed E-state index contributed by atoms with van der Waals surface area (Å²) in [5.41, 5.74) is 1.80. The van der Waals surface area contributed by atoms with Crippen LogP contribution in [-0.2, 0) is 12.8 Å². The molecule has 0 bridgehead atoms. The lowest BCUT2D eigenvalue weighted by Gasteiger charge is -2.21. The van der Waals surface area contributed by atoms with Gasteiger partial charge < -0.3 is 19.7 Å². The molecule has 2 aromatic carbocycles. The fourth-order valence-corrected chi connectivity index (χ4v) is 3.43. The van der Waals surface area contributed by atoms with Crippen molar-refractivity contribution in [2.75, 3.05) is 14.2 Å². The van der Waals surface area contributed by atoms with Crippen LogP contribution in [0.15, 0.2) is 30.5 Å². The first-order valence-corrected chi connectivity index (χ1v) is 8.92. The number of carbonyl (C=O) groups excluding carboxylic acids is 2. The zero-order valence-corrected chi connectivity index (χ0v) is 16.4. The van der Waals surface area contributed by atoms with Crippen molar-refractivity contribution in [1.29, 1.82) is 0 Å². The molecule has 0 aliphatic rings. The van der Waals surface area contributed by atoms with Gasteiger partial charge in [0.1, 0.15) is 0 Å². The number of hydrogen-bond donors (Lipinski definition) is 2. The fourth-order valence-electron chi connectivity index (χ4n) is 3.43. The van der Waals surface area contributed by atoms with Gasteiger partial charge in [0.15, 0.2) is 17.8 Å². The Labute approximate surface area is 164 Å². The highest BCUT2D eigenvalue weighted by Crippen LogP contribution is 2.46. The van der Waals surface area contributed by atoms with Crippen molar-refractivity contribution < 1.29 is 29.3 Å². The second kappa shape index (κ2) is 9.08. The first kappa shape index (κ1) is 21.0. The van der Waals surface area contributed by atoms with Gasteiger partial charge in [-0.3, -0.25) is 9.59 Å². The van der Waals surface area contributed by atoms with Gasteiger partial charge in [-0.1, -0.05) is 38.1 Å². The van der Waals surface area contributed by atoms with Crippen LogP contribution in [0.5, 0.6) is 17.2 Å². The molecule has 6 heteroatoms. The SMILES string of the molecule is CCc1c(CC)c(C(=O)C(=CO)c2ccccc2C=O)c(O)c(OC)c1OC. The molecule has 0 radical (unpaired) electrons. The summed E-state index contributed by atoms with van der Waals surface area (Å²) in [5.74, 6) is -0.539. The molecule has 0 aromatic heterocycles. The number of ketones is 1. The van der Waals surface area contributed by atoms with E-state index >= 15 is 0 Å². The lowest BCUT2D eigenvalue weighted by Crippen LogP contribution is -2.12. The highest BCUT2D eigenvalue weighted by atomic mass is 16.5. The van der Waals surface area contributed by atoms with Gasteiger partial charge in [0.25, 0.3) is 0 Å². The van der Waals surface area contributed by atoms with Gasteiger partial charge in [0, 0.05) is 11.1 Å². The van der Waals surface area contributed by atoms with Gasteiger partial charge in [-0.25, -0.2) is 0 Å². The monoisotopic (exact) mass is 384 g/mol. The number of aromatic hydroxyl groups is 1. The maximum atomic E-state index is 13.4. The molecule has 0 aliphatic carbocycles. The average molecular weight is 384 g/mol. The summed E-state index contributed by atoms with van der Waals surface area (Å²) >= 11 is 0. The molecule has 28 heavy (non-hydrogen) atoms. The van der Waals surface area contributed by atoms with Gasteiger partial charge in [-0.15, -0.1) is 0 Å². The third kappa shape index (κ3) is 3.45. The summed E-state index contributed by atoms with van der Waals surface area (Å²) in [6, 6.07) is 6.43. The van der Waals surface area contributed by atoms with Crippen LogP contribution < -0.4 is 9.47 Å². The van der Waals surface area contributed by atoms with E-state index in [1.165, 1.54) is 14.2 Å². The minimum Gasteiger partial charge on any atom is -0.515 e. The van der Waals surface area contributed by atoms with Gasteiger partial charge in [-0.2, -0.15) is 0 Å². The molecule has 0 unspecified atom stereocenters. The van der Waals surface area contributed by atoms with Crippen LogP contribution in [0, 0.1) is 0 Å². The minimum absolute atomic E-state index is 0.0259. The van der Waals surface area contributed by atoms with Crippen LogP contribution in [0.25, 0.3) is 5.57 Å². The number of methoxy groups -OCH3 is 2. The van der Waals surface area contributed by atoms with E-state index in [9.17, 15) is 19.8 Å². The van der Waals surface area contributed by atoms with Crippen molar-refractivity contribution in [3.8, 4) is 17.2 Å². The normalized spacial score (nSPS) is 11.2. The van der Waals surface area contributed by atoms with Gasteiger partial charge in [0.05, 0.1) is 31.6 Å². The Morgan fingerprint density at radius 2 is 1.64 bits per heavy atom. The fraction of sp³-hybridized carbons (Fsp3) is 0.273. The van der Waals surface area contributed by atoms with E-state index < -0.39 is 5.78 Å². The number of benzene rings is 2. The first-order chi connectivity index (χ1) is 13.5. The summed E-state index contributed by atoms with van der Waals surface area (Å²) in [4.78, 5) is 24.8. The lowest BCUT2D eigenvalue weighted by atomic mass is 9.87. The molecule has 6 nitrogen and oxygen atoms in total. The summed E-state index contributed by atoms with van der Waals surface area (Å²) in [6.45, 7) is 3.77. The van der Waals surface area contributed by atoms with Crippen molar-refractivity contribution >= 4 is 17.6 Å². The van der Waals surface area contributed by atoms with Crippen molar-refractivity contribution in [1.82, 2.24) is 0 Å². The summed E-state index contributed by atoms with van der Waals surface area (Å²) in [6.07, 6.45) is 2.27. The Morgan fingerprint density at radius 3 is 2.14 bits per heavy atom. The lowest BCUT2D eigenvalue weighted by molar-refractivity contribution is 0.105. The van der Waals surface area contributed by atoms with Gasteiger partial charge in [-0.05, 0) is 24.0 Å². The second-order valence-electron chi connectivity index (χ2n) is 6.03. The summed E-state index contributed by atoms with van der Waals surface area (Å²) in [7, 11) is 2.85. The Balaban J connectivity index is 2.82. The zero-order valence-electron chi connectivity index (χ0n) is 16.4. The maximum Gasteiger partial charge on any atom is 0.204 e. The molecule has 0 amide bonds. The van der Waals surface area contributed by atoms with E-state index in [-0.39, 0.29) is 33.8 Å². The number of rotatable bonds is 8. The van der Waals surface area contributed by atoms with E-state index in [4.69, 9.17) is 9.47 Å². The number of aldehydes is 1. The molecule has 0 fully saturated rings. The molecule has 0 atom stereocenters. The Hall–Kier alpha value is -3.28. The van der Waals surface area contributed by atoms with Crippen molar-refractivity contribution in [2.24, 2.45) is 0 Å². The molecular formula is C22H24O6. The third-order valence-electron chi connectivity index (χ3n) is 4.69. The predicted octanol–water partition coefficient (Wildman–Crippen LogP) is 4.13. The number of phenolic OH excluding ortho intramolecular Hbond substituents is 1. The zero-order chi connectivity index (χ0) is 20.8. The van der Waals surface area contributed by atoms with Crippen LogP contribution in [-0.4, -0.2) is 36.5 Å². The largest absolute Gasteiger partial charge is 0.515 e. The number of aliphatic hydroxyl groups excluding tert-OH is 1. The highest BCUT2D eigenvalue weighted by molar-refractivity contribution is 6.31. The molecule has 148 valence electrons. The number of carbonyl (C=O) groups is 2. The van der Waals surface area contributed by atoms with E-state index in [0.717, 1.165) is 5.56 Å². The Kier molecular flexibility index (Phi) is 6.82. The summed E-state index contributed by atoms with van der Waals surface area (Å²) < 4.78 is 10.7. The predicted molar refractivity (Wildman–Crippen MR) is 107 cm³/mol. The molecule has 2 aromatic rings. The van der Waals surface area contributed by atoms with E-state index in [2.05, 4.69) is 0 Å². The van der Waals surface area contributed by atoms with Crippen molar-refractivity contribution in [3.63, 3.8) is 0 Å². The quantitative estimate of drug-likeness (QED) is 0.308. The number of hydrogen-bond acceptors (Lipinski definition) is 6. The molecular weight excluding hydrogens is 360 g/mol. The topological polar surface area (TPSA) is 93.1 Å². The third-order valence-corrected chi connectivity index (χ3v) is 4.69. The van der Waals surface area contributed by atoms with Gasteiger partial charge >= 0.3 is 0 Å². The number of allylic oxidation sites excluding steroid dienone is 1. The van der Waals surface area contributed by atoms with E-state index in [1.54, 1.807) is 24.3 Å². The molecule has 0 saturated carbocycles. The molecule has 2 N–H and O–H groups in total. The van der Waals surface area contributed by atoms with Crippen molar-refractivity contribution in [3.05, 3.63) is 58.3 Å². The van der Waals surface area contributed by atoms with Crippen LogP contribution in [0.3, 0.4) is 0 Å². The van der Waals surface area contributed by atoms with Crippen LogP contribution >= 0.6 is 0 Å². The number of aliphatic hydroxyl groups is 1. The first-order valence-electron chi connectivity index (χ1n) is 8.92. The molecule has 0 spiro atoms. The Bertz CT molecular complexity index is 927. The maximum absolute atomic E-state index is 13.4. The standard InChI is InChI=1S/C22H24O6/c1-5-14-15(6-2)21(27-3)22(28-4)20(26)18(14)19(25)17(12-24)16-10-8-7-9-13(16)11-23/h7-12,24,26H,5-6H2,1-4H3.